The van der Waals surface area contributed by atoms with E-state index in [0.29, 0.717) is 27.5 Å². The number of fused-ring (bicyclic) bond motifs is 2. The van der Waals surface area contributed by atoms with Crippen LogP contribution in [0.25, 0.3) is 0 Å². The second kappa shape index (κ2) is 4.63. The van der Waals surface area contributed by atoms with E-state index < -0.39 is 10.8 Å². The summed E-state index contributed by atoms with van der Waals surface area (Å²) in [5, 5.41) is 0. The van der Waals surface area contributed by atoms with Crippen LogP contribution in [0.3, 0.4) is 0 Å². The van der Waals surface area contributed by atoms with Gasteiger partial charge in [0, 0.05) is 11.1 Å². The summed E-state index contributed by atoms with van der Waals surface area (Å²) in [5.74, 6) is 0.909. The van der Waals surface area contributed by atoms with Gasteiger partial charge in [-0.2, -0.15) is 0 Å². The van der Waals surface area contributed by atoms with E-state index in [4.69, 9.17) is 4.74 Å². The third kappa shape index (κ3) is 1.98. The Morgan fingerprint density at radius 3 is 2.68 bits per heavy atom. The second-order valence-electron chi connectivity index (χ2n) is 4.34. The number of hydrogen-bond acceptors (Lipinski definition) is 3. The molecular weight excluding hydrogens is 260 g/mol. The number of ketones is 1. The van der Waals surface area contributed by atoms with Crippen molar-refractivity contribution in [3.63, 3.8) is 0 Å². The summed E-state index contributed by atoms with van der Waals surface area (Å²) in [6.07, 6.45) is 0. The van der Waals surface area contributed by atoms with Gasteiger partial charge in [-0.1, -0.05) is 24.3 Å². The van der Waals surface area contributed by atoms with Crippen LogP contribution in [0.4, 0.5) is 0 Å². The molecule has 96 valence electrons. The van der Waals surface area contributed by atoms with Crippen molar-refractivity contribution in [1.29, 1.82) is 0 Å². The molecular formula is C15H12O3S. The molecule has 1 aliphatic heterocycles. The van der Waals surface area contributed by atoms with Gasteiger partial charge in [0.15, 0.2) is 5.78 Å². The zero-order valence-electron chi connectivity index (χ0n) is 10.4. The van der Waals surface area contributed by atoms with E-state index in [1.165, 1.54) is 0 Å². The maximum absolute atomic E-state index is 12.5. The van der Waals surface area contributed by atoms with Gasteiger partial charge in [-0.3, -0.25) is 9.00 Å². The molecule has 0 radical (unpaired) electrons. The Morgan fingerprint density at radius 1 is 1.11 bits per heavy atom. The van der Waals surface area contributed by atoms with Gasteiger partial charge < -0.3 is 4.74 Å². The van der Waals surface area contributed by atoms with Crippen molar-refractivity contribution < 1.29 is 13.7 Å². The van der Waals surface area contributed by atoms with Gasteiger partial charge in [0.1, 0.15) is 5.75 Å². The van der Waals surface area contributed by atoms with Gasteiger partial charge in [0.2, 0.25) is 0 Å². The van der Waals surface area contributed by atoms with Gasteiger partial charge in [-0.25, -0.2) is 0 Å². The van der Waals surface area contributed by atoms with Crippen LogP contribution in [0.15, 0.2) is 47.4 Å². The lowest BCUT2D eigenvalue weighted by atomic mass is 9.99. The molecule has 0 fully saturated rings. The van der Waals surface area contributed by atoms with E-state index in [1.807, 2.05) is 18.2 Å². The molecule has 0 saturated heterocycles. The van der Waals surface area contributed by atoms with E-state index in [2.05, 4.69) is 0 Å². The number of carbonyl (C=O) groups is 1. The third-order valence-corrected chi connectivity index (χ3v) is 4.63. The summed E-state index contributed by atoms with van der Waals surface area (Å²) in [6.45, 7) is 0. The molecule has 2 aromatic carbocycles. The molecule has 0 N–H and O–H groups in total. The van der Waals surface area contributed by atoms with Crippen LogP contribution in [0.1, 0.15) is 21.5 Å². The largest absolute Gasteiger partial charge is 0.497 e. The minimum absolute atomic E-state index is 0.0703. The number of carbonyl (C=O) groups excluding carboxylic acids is 1. The van der Waals surface area contributed by atoms with Crippen LogP contribution in [0, 0.1) is 0 Å². The Morgan fingerprint density at radius 2 is 1.89 bits per heavy atom. The minimum atomic E-state index is -1.23. The van der Waals surface area contributed by atoms with Gasteiger partial charge in [-0.05, 0) is 23.8 Å². The summed E-state index contributed by atoms with van der Waals surface area (Å²) < 4.78 is 17.5. The summed E-state index contributed by atoms with van der Waals surface area (Å²) in [7, 11) is 0.326. The number of rotatable bonds is 1. The normalized spacial score (nSPS) is 17.3. The molecule has 3 nitrogen and oxygen atoms in total. The van der Waals surface area contributed by atoms with Crippen molar-refractivity contribution in [2.45, 2.75) is 10.6 Å². The zero-order chi connectivity index (χ0) is 13.4. The first-order valence-corrected chi connectivity index (χ1v) is 7.21. The smallest absolute Gasteiger partial charge is 0.194 e. The monoisotopic (exact) mass is 272 g/mol. The standard InChI is InChI=1S/C15H12O3S/c1-18-11-6-7-13-14(8-11)19(17)9-10-4-2-3-5-12(10)15(13)16/h2-8H,9H2,1H3/t19-/m1/s1. The molecule has 1 atom stereocenters. The predicted octanol–water partition coefficient (Wildman–Crippen LogP) is 2.55. The van der Waals surface area contributed by atoms with Gasteiger partial charge in [0.25, 0.3) is 0 Å². The van der Waals surface area contributed by atoms with Gasteiger partial charge in [-0.15, -0.1) is 0 Å². The van der Waals surface area contributed by atoms with Crippen molar-refractivity contribution >= 4 is 16.6 Å². The highest BCUT2D eigenvalue weighted by molar-refractivity contribution is 7.84. The van der Waals surface area contributed by atoms with Crippen molar-refractivity contribution in [2.75, 3.05) is 7.11 Å². The quantitative estimate of drug-likeness (QED) is 0.801. The molecule has 0 bridgehead atoms. The predicted molar refractivity (Wildman–Crippen MR) is 73.0 cm³/mol. The Hall–Kier alpha value is -1.94. The third-order valence-electron chi connectivity index (χ3n) is 3.23. The molecule has 0 amide bonds. The van der Waals surface area contributed by atoms with Crippen molar-refractivity contribution in [3.8, 4) is 5.75 Å². The van der Waals surface area contributed by atoms with E-state index in [1.54, 1.807) is 31.4 Å². The molecule has 0 spiro atoms. The SMILES string of the molecule is COc1ccc2c(c1)[S@](=O)Cc1ccccc1C2=O. The average molecular weight is 272 g/mol. The minimum Gasteiger partial charge on any atom is -0.497 e. The molecule has 0 saturated carbocycles. The van der Waals surface area contributed by atoms with Gasteiger partial charge in [0.05, 0.1) is 28.6 Å². The molecule has 3 rings (SSSR count). The molecule has 2 aromatic rings. The first kappa shape index (κ1) is 12.1. The summed E-state index contributed by atoms with van der Waals surface area (Å²) >= 11 is 0. The Balaban J connectivity index is 2.23. The van der Waals surface area contributed by atoms with Crippen LogP contribution >= 0.6 is 0 Å². The van der Waals surface area contributed by atoms with Crippen molar-refractivity contribution in [1.82, 2.24) is 0 Å². The second-order valence-corrected chi connectivity index (χ2v) is 5.76. The highest BCUT2D eigenvalue weighted by atomic mass is 32.2. The van der Waals surface area contributed by atoms with Crippen LogP contribution in [0.5, 0.6) is 5.75 Å². The van der Waals surface area contributed by atoms with E-state index in [-0.39, 0.29) is 5.78 Å². The van der Waals surface area contributed by atoms with E-state index in [9.17, 15) is 9.00 Å². The molecule has 1 heterocycles. The molecule has 19 heavy (non-hydrogen) atoms. The molecule has 0 unspecified atom stereocenters. The van der Waals surface area contributed by atoms with E-state index in [0.717, 1.165) is 5.56 Å². The molecule has 0 aromatic heterocycles. The fraction of sp³-hybridized carbons (Fsp3) is 0.133. The summed E-state index contributed by atoms with van der Waals surface area (Å²) in [5.41, 5.74) is 1.98. The Bertz CT molecular complexity index is 692. The first-order chi connectivity index (χ1) is 9.20. The van der Waals surface area contributed by atoms with Crippen molar-refractivity contribution in [2.24, 2.45) is 0 Å². The van der Waals surface area contributed by atoms with Crippen LogP contribution in [-0.4, -0.2) is 17.1 Å². The maximum atomic E-state index is 12.5. The highest BCUT2D eigenvalue weighted by Crippen LogP contribution is 2.29. The Labute approximate surface area is 113 Å². The summed E-state index contributed by atoms with van der Waals surface area (Å²) in [4.78, 5) is 13.1. The summed E-state index contributed by atoms with van der Waals surface area (Å²) in [6, 6.07) is 12.4. The number of benzene rings is 2. The lowest BCUT2D eigenvalue weighted by Crippen LogP contribution is -2.04. The number of hydrogen-bond donors (Lipinski definition) is 0. The topological polar surface area (TPSA) is 43.4 Å². The first-order valence-electron chi connectivity index (χ1n) is 5.89. The lowest BCUT2D eigenvalue weighted by molar-refractivity contribution is 0.103. The van der Waals surface area contributed by atoms with Gasteiger partial charge >= 0.3 is 0 Å². The lowest BCUT2D eigenvalue weighted by Gasteiger charge is -2.06. The average Bonchev–Trinajstić information content (AvgIpc) is 2.55. The van der Waals surface area contributed by atoms with Crippen molar-refractivity contribution in [3.05, 3.63) is 59.2 Å². The molecule has 1 aliphatic rings. The van der Waals surface area contributed by atoms with Crippen LogP contribution in [-0.2, 0) is 16.6 Å². The number of methoxy groups -OCH3 is 1. The number of ether oxygens (including phenoxy) is 1. The maximum Gasteiger partial charge on any atom is 0.194 e. The highest BCUT2D eigenvalue weighted by Gasteiger charge is 2.25. The van der Waals surface area contributed by atoms with Crippen LogP contribution < -0.4 is 4.74 Å². The molecule has 0 aliphatic carbocycles. The Kier molecular flexibility index (Phi) is 2.95. The molecule has 4 heteroatoms. The fourth-order valence-corrected chi connectivity index (χ4v) is 3.58. The van der Waals surface area contributed by atoms with E-state index >= 15 is 0 Å². The fourth-order valence-electron chi connectivity index (χ4n) is 2.24. The van der Waals surface area contributed by atoms with Crippen LogP contribution in [0.2, 0.25) is 0 Å². The zero-order valence-corrected chi connectivity index (χ0v) is 11.2.